The first-order valence-electron chi connectivity index (χ1n) is 8.72. The molecule has 2 aromatic rings. The van der Waals surface area contributed by atoms with E-state index < -0.39 is 23.7 Å². The second kappa shape index (κ2) is 9.42. The van der Waals surface area contributed by atoms with Crippen LogP contribution in [-0.2, 0) is 15.8 Å². The number of halogens is 3. The van der Waals surface area contributed by atoms with E-state index in [4.69, 9.17) is 4.74 Å². The van der Waals surface area contributed by atoms with E-state index in [1.165, 1.54) is 17.0 Å². The third kappa shape index (κ3) is 6.49. The van der Waals surface area contributed by atoms with Crippen molar-refractivity contribution in [1.29, 1.82) is 0 Å². The summed E-state index contributed by atoms with van der Waals surface area (Å²) in [7, 11) is 3.14. The van der Waals surface area contributed by atoms with E-state index in [1.807, 2.05) is 0 Å². The molecule has 0 spiro atoms. The number of carbonyl (C=O) groups excluding carboxylic acids is 2. The Labute approximate surface area is 166 Å². The topological polar surface area (TPSA) is 70.7 Å². The predicted molar refractivity (Wildman–Crippen MR) is 104 cm³/mol. The molecule has 0 bridgehead atoms. The third-order valence-electron chi connectivity index (χ3n) is 4.29. The summed E-state index contributed by atoms with van der Waals surface area (Å²) >= 11 is 0. The largest absolute Gasteiger partial charge is 0.497 e. The van der Waals surface area contributed by atoms with Gasteiger partial charge in [0.15, 0.2) is 0 Å². The van der Waals surface area contributed by atoms with Gasteiger partial charge in [-0.3, -0.25) is 14.5 Å². The zero-order valence-corrected chi connectivity index (χ0v) is 16.2. The summed E-state index contributed by atoms with van der Waals surface area (Å²) in [5.74, 6) is -0.0926. The second-order valence-electron chi connectivity index (χ2n) is 6.43. The van der Waals surface area contributed by atoms with Gasteiger partial charge in [0.2, 0.25) is 11.8 Å². The van der Waals surface area contributed by atoms with Crippen LogP contribution in [0.3, 0.4) is 0 Å². The quantitative estimate of drug-likeness (QED) is 0.733. The van der Waals surface area contributed by atoms with Gasteiger partial charge in [0.05, 0.1) is 25.3 Å². The summed E-state index contributed by atoms with van der Waals surface area (Å²) in [5.41, 5.74) is 0.0351. The standard InChI is InChI=1S/C20H22F3N3O3/c1-13(19(28)25-16-6-4-14(5-7-16)20(21,22)23)26(2)12-18(27)24-15-8-10-17(29-3)11-9-15/h4-11,13H,12H2,1-3H3,(H,24,27)(H,25,28). The van der Waals surface area contributed by atoms with E-state index in [9.17, 15) is 22.8 Å². The Bertz CT molecular complexity index is 837. The molecule has 0 radical (unpaired) electrons. The van der Waals surface area contributed by atoms with Crippen molar-refractivity contribution in [2.45, 2.75) is 19.1 Å². The van der Waals surface area contributed by atoms with Crippen molar-refractivity contribution < 1.29 is 27.5 Å². The van der Waals surface area contributed by atoms with Crippen LogP contribution in [0.5, 0.6) is 5.75 Å². The van der Waals surface area contributed by atoms with Gasteiger partial charge in [-0.15, -0.1) is 0 Å². The minimum absolute atomic E-state index is 0.0480. The minimum Gasteiger partial charge on any atom is -0.497 e. The van der Waals surface area contributed by atoms with E-state index >= 15 is 0 Å². The molecule has 0 saturated carbocycles. The van der Waals surface area contributed by atoms with Crippen molar-refractivity contribution in [3.63, 3.8) is 0 Å². The van der Waals surface area contributed by atoms with Gasteiger partial charge in [-0.25, -0.2) is 0 Å². The molecule has 0 saturated heterocycles. The van der Waals surface area contributed by atoms with Crippen molar-refractivity contribution >= 4 is 23.2 Å². The molecule has 0 fully saturated rings. The molecular weight excluding hydrogens is 387 g/mol. The summed E-state index contributed by atoms with van der Waals surface area (Å²) in [6, 6.07) is 10.3. The zero-order valence-electron chi connectivity index (χ0n) is 16.2. The van der Waals surface area contributed by atoms with Gasteiger partial charge >= 0.3 is 6.18 Å². The minimum atomic E-state index is -4.44. The molecule has 0 aliphatic carbocycles. The predicted octanol–water partition coefficient (Wildman–Crippen LogP) is 3.61. The number of likely N-dealkylation sites (N-methyl/N-ethyl adjacent to an activating group) is 1. The maximum atomic E-state index is 12.6. The first kappa shape index (κ1) is 22.2. The lowest BCUT2D eigenvalue weighted by Crippen LogP contribution is -2.43. The number of ether oxygens (including phenoxy) is 1. The molecule has 6 nitrogen and oxygen atoms in total. The monoisotopic (exact) mass is 409 g/mol. The van der Waals surface area contributed by atoms with Crippen LogP contribution in [0.4, 0.5) is 24.5 Å². The average Bonchev–Trinajstić information content (AvgIpc) is 2.67. The molecule has 0 aliphatic rings. The van der Waals surface area contributed by atoms with E-state index in [-0.39, 0.29) is 18.1 Å². The molecule has 1 atom stereocenters. The zero-order chi connectivity index (χ0) is 21.6. The maximum Gasteiger partial charge on any atom is 0.416 e. The number of methoxy groups -OCH3 is 1. The summed E-state index contributed by atoms with van der Waals surface area (Å²) in [4.78, 5) is 26.0. The van der Waals surface area contributed by atoms with Crippen molar-refractivity contribution in [1.82, 2.24) is 4.90 Å². The summed E-state index contributed by atoms with van der Waals surface area (Å²) in [5, 5.41) is 5.26. The summed E-state index contributed by atoms with van der Waals surface area (Å²) in [6.07, 6.45) is -4.44. The van der Waals surface area contributed by atoms with Crippen molar-refractivity contribution in [2.75, 3.05) is 31.3 Å². The Kier molecular flexibility index (Phi) is 7.22. The maximum absolute atomic E-state index is 12.6. The molecule has 2 aromatic carbocycles. The van der Waals surface area contributed by atoms with Crippen LogP contribution in [0, 0.1) is 0 Å². The first-order chi connectivity index (χ1) is 13.6. The normalized spacial score (nSPS) is 12.4. The van der Waals surface area contributed by atoms with Gasteiger partial charge in [-0.1, -0.05) is 0 Å². The van der Waals surface area contributed by atoms with Crippen LogP contribution < -0.4 is 15.4 Å². The number of nitrogens with one attached hydrogen (secondary N) is 2. The molecule has 9 heteroatoms. The number of hydrogen-bond donors (Lipinski definition) is 2. The van der Waals surface area contributed by atoms with Crippen molar-refractivity contribution in [3.8, 4) is 5.75 Å². The van der Waals surface area contributed by atoms with Gasteiger partial charge in [0.25, 0.3) is 0 Å². The molecule has 29 heavy (non-hydrogen) atoms. The third-order valence-corrected chi connectivity index (χ3v) is 4.29. The van der Waals surface area contributed by atoms with Gasteiger partial charge in [-0.2, -0.15) is 13.2 Å². The number of alkyl halides is 3. The average molecular weight is 409 g/mol. The van der Waals surface area contributed by atoms with E-state index in [0.717, 1.165) is 12.1 Å². The molecule has 1 unspecified atom stereocenters. The number of rotatable bonds is 7. The van der Waals surface area contributed by atoms with Crippen molar-refractivity contribution in [3.05, 3.63) is 54.1 Å². The second-order valence-corrected chi connectivity index (χ2v) is 6.43. The number of amides is 2. The molecule has 0 aliphatic heterocycles. The highest BCUT2D eigenvalue weighted by Gasteiger charge is 2.30. The Hall–Kier alpha value is -3.07. The number of benzene rings is 2. The first-order valence-corrected chi connectivity index (χ1v) is 8.72. The lowest BCUT2D eigenvalue weighted by atomic mass is 10.2. The van der Waals surface area contributed by atoms with Gasteiger partial charge < -0.3 is 15.4 Å². The Morgan fingerprint density at radius 3 is 2.03 bits per heavy atom. The SMILES string of the molecule is COc1ccc(NC(=O)CN(C)C(C)C(=O)Nc2ccc(C(F)(F)F)cc2)cc1. The Morgan fingerprint density at radius 2 is 1.52 bits per heavy atom. The summed E-state index contributed by atoms with van der Waals surface area (Å²) in [6.45, 7) is 1.55. The Balaban J connectivity index is 1.88. The van der Waals surface area contributed by atoms with Gasteiger partial charge in [0, 0.05) is 11.4 Å². The molecule has 2 amide bonds. The molecule has 156 valence electrons. The van der Waals surface area contributed by atoms with Crippen LogP contribution in [0.2, 0.25) is 0 Å². The van der Waals surface area contributed by atoms with Crippen LogP contribution in [0.15, 0.2) is 48.5 Å². The molecular formula is C20H22F3N3O3. The van der Waals surface area contributed by atoms with Crippen LogP contribution in [0.25, 0.3) is 0 Å². The molecule has 0 heterocycles. The highest BCUT2D eigenvalue weighted by atomic mass is 19.4. The summed E-state index contributed by atoms with van der Waals surface area (Å²) < 4.78 is 42.8. The Morgan fingerprint density at radius 1 is 1.00 bits per heavy atom. The highest BCUT2D eigenvalue weighted by molar-refractivity contribution is 5.96. The van der Waals surface area contributed by atoms with E-state index in [1.54, 1.807) is 45.3 Å². The molecule has 0 aromatic heterocycles. The lowest BCUT2D eigenvalue weighted by molar-refractivity contribution is -0.137. The van der Waals surface area contributed by atoms with E-state index in [2.05, 4.69) is 10.6 Å². The lowest BCUT2D eigenvalue weighted by Gasteiger charge is -2.23. The molecule has 2 N–H and O–H groups in total. The van der Waals surface area contributed by atoms with Crippen LogP contribution in [-0.4, -0.2) is 43.5 Å². The number of carbonyl (C=O) groups is 2. The van der Waals surface area contributed by atoms with Gasteiger partial charge in [0.1, 0.15) is 5.75 Å². The fraction of sp³-hybridized carbons (Fsp3) is 0.300. The van der Waals surface area contributed by atoms with Crippen LogP contribution in [0.1, 0.15) is 12.5 Å². The fourth-order valence-electron chi connectivity index (χ4n) is 2.43. The number of hydrogen-bond acceptors (Lipinski definition) is 4. The van der Waals surface area contributed by atoms with E-state index in [0.29, 0.717) is 11.4 Å². The smallest absolute Gasteiger partial charge is 0.416 e. The van der Waals surface area contributed by atoms with Gasteiger partial charge in [-0.05, 0) is 62.5 Å². The number of nitrogens with zero attached hydrogens (tertiary/aromatic N) is 1. The van der Waals surface area contributed by atoms with Crippen LogP contribution >= 0.6 is 0 Å². The number of anilines is 2. The van der Waals surface area contributed by atoms with Crippen molar-refractivity contribution in [2.24, 2.45) is 0 Å². The fourth-order valence-corrected chi connectivity index (χ4v) is 2.43. The molecule has 2 rings (SSSR count). The highest BCUT2D eigenvalue weighted by Crippen LogP contribution is 2.29.